The zero-order valence-corrected chi connectivity index (χ0v) is 24.0. The Balaban J connectivity index is 1.18. The monoisotopic (exact) mass is 571 g/mol. The van der Waals surface area contributed by atoms with Crippen molar-refractivity contribution in [1.82, 2.24) is 25.3 Å². The molecule has 0 radical (unpaired) electrons. The van der Waals surface area contributed by atoms with Crippen LogP contribution in [-0.4, -0.2) is 82.7 Å². The normalized spacial score (nSPS) is 15.4. The molecule has 12 heteroatoms. The fourth-order valence-electron chi connectivity index (χ4n) is 4.37. The molecular formula is C29H38FN5O6. The van der Waals surface area contributed by atoms with Gasteiger partial charge in [-0.3, -0.25) is 9.59 Å². The van der Waals surface area contributed by atoms with E-state index in [0.29, 0.717) is 25.4 Å². The summed E-state index contributed by atoms with van der Waals surface area (Å²) in [5.41, 5.74) is -0.132. The molecule has 3 aromatic rings. The highest BCUT2D eigenvalue weighted by molar-refractivity contribution is 5.95. The minimum absolute atomic E-state index is 0.115. The fourth-order valence-corrected chi connectivity index (χ4v) is 4.37. The van der Waals surface area contributed by atoms with Crippen LogP contribution in [0.5, 0.6) is 5.75 Å². The molecule has 0 bridgehead atoms. The van der Waals surface area contributed by atoms with Gasteiger partial charge in [-0.2, -0.15) is 4.98 Å². The lowest BCUT2D eigenvalue weighted by Crippen LogP contribution is -2.48. The van der Waals surface area contributed by atoms with Crippen LogP contribution < -0.4 is 10.1 Å². The van der Waals surface area contributed by atoms with Crippen molar-refractivity contribution in [1.29, 1.82) is 0 Å². The van der Waals surface area contributed by atoms with Gasteiger partial charge in [0.2, 0.25) is 11.7 Å². The molecule has 2 aromatic heterocycles. The highest BCUT2D eigenvalue weighted by atomic mass is 19.1. The third kappa shape index (κ3) is 8.86. The SMILES string of the molecule is C[C@H](NC(=O)c1ccco1)C(=O)N1CCCN(CCCOc2ccc(-c3noc(COC(C)(C)C)n3)c(F)c2)CC1. The van der Waals surface area contributed by atoms with Gasteiger partial charge in [0.15, 0.2) is 5.76 Å². The van der Waals surface area contributed by atoms with Crippen LogP contribution in [0.4, 0.5) is 4.39 Å². The smallest absolute Gasteiger partial charge is 0.287 e. The first kappa shape index (κ1) is 30.2. The van der Waals surface area contributed by atoms with Crippen LogP contribution in [0, 0.1) is 5.82 Å². The molecule has 41 heavy (non-hydrogen) atoms. The molecule has 222 valence electrons. The number of amides is 2. The highest BCUT2D eigenvalue weighted by Crippen LogP contribution is 2.25. The molecule has 0 spiro atoms. The molecule has 1 atom stereocenters. The Kier molecular flexibility index (Phi) is 10.1. The molecule has 2 amide bonds. The van der Waals surface area contributed by atoms with E-state index in [4.69, 9.17) is 18.4 Å². The first-order valence-electron chi connectivity index (χ1n) is 13.8. The average Bonchev–Trinajstić information content (AvgIpc) is 3.58. The molecule has 11 nitrogen and oxygen atoms in total. The zero-order chi connectivity index (χ0) is 29.4. The minimum Gasteiger partial charge on any atom is -0.493 e. The molecule has 1 aliphatic heterocycles. The van der Waals surface area contributed by atoms with E-state index in [1.54, 1.807) is 36.1 Å². The van der Waals surface area contributed by atoms with Crippen molar-refractivity contribution in [3.63, 3.8) is 0 Å². The average molecular weight is 572 g/mol. The van der Waals surface area contributed by atoms with Crippen molar-refractivity contribution in [2.75, 3.05) is 39.3 Å². The first-order valence-corrected chi connectivity index (χ1v) is 13.8. The second kappa shape index (κ2) is 13.7. The summed E-state index contributed by atoms with van der Waals surface area (Å²) in [4.78, 5) is 33.4. The maximum atomic E-state index is 14.8. The van der Waals surface area contributed by atoms with Crippen molar-refractivity contribution in [3.05, 3.63) is 54.1 Å². The van der Waals surface area contributed by atoms with Crippen LogP contribution in [-0.2, 0) is 16.1 Å². The summed E-state index contributed by atoms with van der Waals surface area (Å²) in [5, 5.41) is 6.56. The van der Waals surface area contributed by atoms with Gasteiger partial charge in [-0.1, -0.05) is 5.16 Å². The highest BCUT2D eigenvalue weighted by Gasteiger charge is 2.25. The van der Waals surface area contributed by atoms with E-state index in [-0.39, 0.29) is 41.2 Å². The van der Waals surface area contributed by atoms with E-state index >= 15 is 0 Å². The first-order chi connectivity index (χ1) is 19.6. The number of hydrogen-bond acceptors (Lipinski definition) is 9. The van der Waals surface area contributed by atoms with Crippen LogP contribution in [0.15, 0.2) is 45.5 Å². The number of benzene rings is 1. The molecule has 1 fully saturated rings. The van der Waals surface area contributed by atoms with Gasteiger partial charge in [0.1, 0.15) is 24.2 Å². The Morgan fingerprint density at radius 2 is 2.00 bits per heavy atom. The van der Waals surface area contributed by atoms with Gasteiger partial charge in [-0.15, -0.1) is 0 Å². The van der Waals surface area contributed by atoms with Gasteiger partial charge >= 0.3 is 0 Å². The third-order valence-electron chi connectivity index (χ3n) is 6.53. The van der Waals surface area contributed by atoms with Crippen molar-refractivity contribution < 1.29 is 32.4 Å². The molecule has 1 aliphatic rings. The Hall–Kier alpha value is -3.77. The Morgan fingerprint density at radius 1 is 1.17 bits per heavy atom. The summed E-state index contributed by atoms with van der Waals surface area (Å²) in [7, 11) is 0. The second-order valence-corrected chi connectivity index (χ2v) is 10.9. The van der Waals surface area contributed by atoms with E-state index in [1.807, 2.05) is 20.8 Å². The van der Waals surface area contributed by atoms with Crippen LogP contribution in [0.2, 0.25) is 0 Å². The molecule has 0 unspecified atom stereocenters. The van der Waals surface area contributed by atoms with Gasteiger partial charge in [-0.25, -0.2) is 4.39 Å². The summed E-state index contributed by atoms with van der Waals surface area (Å²) in [5.74, 6) is 0.00771. The van der Waals surface area contributed by atoms with Gasteiger partial charge in [0.25, 0.3) is 11.8 Å². The van der Waals surface area contributed by atoms with Crippen LogP contribution in [0.25, 0.3) is 11.4 Å². The number of rotatable bonds is 11. The molecule has 0 saturated carbocycles. The number of hydrogen-bond donors (Lipinski definition) is 1. The number of carbonyl (C=O) groups is 2. The standard InChI is InChI=1S/C29H38FN5O6/c1-20(31-27(36)24-8-5-16-39-24)28(37)35-13-6-11-34(14-15-35)12-7-17-38-21-9-10-22(23(30)18-21)26-32-25(41-33-26)19-40-29(2,3)4/h5,8-10,16,18,20H,6-7,11-15,17,19H2,1-4H3,(H,31,36)/t20-/m0/s1. The Bertz CT molecular complexity index is 1290. The number of nitrogens with one attached hydrogen (secondary N) is 1. The predicted octanol–water partition coefficient (Wildman–Crippen LogP) is 3.91. The van der Waals surface area contributed by atoms with Gasteiger partial charge < -0.3 is 33.5 Å². The van der Waals surface area contributed by atoms with E-state index in [2.05, 4.69) is 20.4 Å². The second-order valence-electron chi connectivity index (χ2n) is 10.9. The van der Waals surface area contributed by atoms with Crippen molar-refractivity contribution in [2.45, 2.75) is 58.8 Å². The van der Waals surface area contributed by atoms with Crippen molar-refractivity contribution in [2.24, 2.45) is 0 Å². The fraction of sp³-hybridized carbons (Fsp3) is 0.517. The van der Waals surface area contributed by atoms with Gasteiger partial charge in [0, 0.05) is 32.2 Å². The van der Waals surface area contributed by atoms with Crippen LogP contribution in [0.3, 0.4) is 0 Å². The van der Waals surface area contributed by atoms with Gasteiger partial charge in [-0.05, 0) is 71.3 Å². The molecule has 1 N–H and O–H groups in total. The van der Waals surface area contributed by atoms with E-state index in [1.165, 1.54) is 12.3 Å². The van der Waals surface area contributed by atoms with E-state index in [9.17, 15) is 14.0 Å². The summed E-state index contributed by atoms with van der Waals surface area (Å²) in [6, 6.07) is 7.11. The minimum atomic E-state index is -0.649. The van der Waals surface area contributed by atoms with Crippen LogP contribution in [0.1, 0.15) is 57.0 Å². The number of furan rings is 1. The molecular weight excluding hydrogens is 533 g/mol. The maximum absolute atomic E-state index is 14.8. The lowest BCUT2D eigenvalue weighted by atomic mass is 10.2. The van der Waals surface area contributed by atoms with Crippen molar-refractivity contribution >= 4 is 11.8 Å². The largest absolute Gasteiger partial charge is 0.493 e. The molecule has 4 rings (SSSR count). The number of carbonyl (C=O) groups excluding carboxylic acids is 2. The lowest BCUT2D eigenvalue weighted by Gasteiger charge is -2.25. The summed E-state index contributed by atoms with van der Waals surface area (Å²) in [6.07, 6.45) is 3.00. The molecule has 1 aromatic carbocycles. The maximum Gasteiger partial charge on any atom is 0.287 e. The third-order valence-corrected chi connectivity index (χ3v) is 6.53. The number of aromatic nitrogens is 2. The number of ether oxygens (including phenoxy) is 2. The molecule has 1 saturated heterocycles. The zero-order valence-electron chi connectivity index (χ0n) is 24.0. The Morgan fingerprint density at radius 3 is 2.73 bits per heavy atom. The summed E-state index contributed by atoms with van der Waals surface area (Å²) in [6.45, 7) is 11.6. The molecule has 0 aliphatic carbocycles. The Labute approximate surface area is 239 Å². The number of nitrogens with zero attached hydrogens (tertiary/aromatic N) is 4. The predicted molar refractivity (Wildman–Crippen MR) is 148 cm³/mol. The molecule has 3 heterocycles. The summed E-state index contributed by atoms with van der Waals surface area (Å²) >= 11 is 0. The van der Waals surface area contributed by atoms with Crippen molar-refractivity contribution in [3.8, 4) is 17.1 Å². The van der Waals surface area contributed by atoms with Gasteiger partial charge in [0.05, 0.1) is 24.0 Å². The topological polar surface area (TPSA) is 123 Å². The quantitative estimate of drug-likeness (QED) is 0.341. The lowest BCUT2D eigenvalue weighted by molar-refractivity contribution is -0.132. The number of halogens is 1. The summed E-state index contributed by atoms with van der Waals surface area (Å²) < 4.78 is 36.4. The van der Waals surface area contributed by atoms with Crippen LogP contribution >= 0.6 is 0 Å². The van der Waals surface area contributed by atoms with E-state index in [0.717, 1.165) is 32.5 Å². The van der Waals surface area contributed by atoms with E-state index < -0.39 is 17.8 Å².